The van der Waals surface area contributed by atoms with Crippen molar-refractivity contribution in [3.05, 3.63) is 33.8 Å². The fraction of sp³-hybridized carbons (Fsp3) is 0.600. The Hall–Kier alpha value is -0.280. The van der Waals surface area contributed by atoms with Gasteiger partial charge in [0.05, 0.1) is 10.0 Å². The van der Waals surface area contributed by atoms with Gasteiger partial charge in [-0.1, -0.05) is 42.1 Å². The molecule has 0 aromatic heterocycles. The van der Waals surface area contributed by atoms with Crippen molar-refractivity contribution >= 4 is 23.2 Å². The van der Waals surface area contributed by atoms with E-state index in [9.17, 15) is 5.11 Å². The summed E-state index contributed by atoms with van der Waals surface area (Å²) < 4.78 is 0. The number of rotatable bonds is 4. The lowest BCUT2D eigenvalue weighted by molar-refractivity contribution is 0.104. The number of aliphatic hydroxyl groups excluding tert-OH is 1. The standard InChI is InChI=1S/C15H21Cl2NO/c1-18-10-15(7-3-2-4-12(15)9-19)11-5-6-13(16)14(17)8-11/h5-6,8,12,18-19H,2-4,7,9-10H2,1H3/t12-,15+/m1/s1. The van der Waals surface area contributed by atoms with Crippen molar-refractivity contribution in [1.82, 2.24) is 5.32 Å². The van der Waals surface area contributed by atoms with E-state index in [-0.39, 0.29) is 17.9 Å². The van der Waals surface area contributed by atoms with Gasteiger partial charge in [0.25, 0.3) is 0 Å². The second-order valence-corrected chi connectivity index (χ2v) is 6.26. The van der Waals surface area contributed by atoms with Gasteiger partial charge >= 0.3 is 0 Å². The first kappa shape index (κ1) is 15.1. The van der Waals surface area contributed by atoms with Crippen molar-refractivity contribution in [3.8, 4) is 0 Å². The number of halogens is 2. The third kappa shape index (κ3) is 2.92. The number of hydrogen-bond donors (Lipinski definition) is 2. The molecular formula is C15H21Cl2NO. The van der Waals surface area contributed by atoms with E-state index in [1.807, 2.05) is 19.2 Å². The van der Waals surface area contributed by atoms with Crippen LogP contribution in [-0.4, -0.2) is 25.3 Å². The largest absolute Gasteiger partial charge is 0.396 e. The maximum Gasteiger partial charge on any atom is 0.0595 e. The second-order valence-electron chi connectivity index (χ2n) is 5.44. The average molecular weight is 302 g/mol. The molecule has 19 heavy (non-hydrogen) atoms. The van der Waals surface area contributed by atoms with Crippen LogP contribution in [0.5, 0.6) is 0 Å². The highest BCUT2D eigenvalue weighted by Crippen LogP contribution is 2.44. The Kier molecular flexibility index (Phi) is 5.13. The molecule has 1 fully saturated rings. The summed E-state index contributed by atoms with van der Waals surface area (Å²) in [5.74, 6) is 0.283. The maximum atomic E-state index is 9.75. The van der Waals surface area contributed by atoms with E-state index in [2.05, 4.69) is 11.4 Å². The Balaban J connectivity index is 2.44. The van der Waals surface area contributed by atoms with Crippen LogP contribution in [0.3, 0.4) is 0 Å². The van der Waals surface area contributed by atoms with Crippen LogP contribution in [-0.2, 0) is 5.41 Å². The molecule has 2 N–H and O–H groups in total. The van der Waals surface area contributed by atoms with Crippen LogP contribution >= 0.6 is 23.2 Å². The van der Waals surface area contributed by atoms with Gasteiger partial charge in [-0.05, 0) is 43.5 Å². The fourth-order valence-corrected chi connectivity index (χ4v) is 3.71. The maximum absolute atomic E-state index is 9.75. The van der Waals surface area contributed by atoms with E-state index in [4.69, 9.17) is 23.2 Å². The van der Waals surface area contributed by atoms with Gasteiger partial charge in [-0.3, -0.25) is 0 Å². The molecule has 0 saturated heterocycles. The normalized spacial score (nSPS) is 27.5. The Morgan fingerprint density at radius 2 is 2.11 bits per heavy atom. The summed E-state index contributed by atoms with van der Waals surface area (Å²) in [6, 6.07) is 5.88. The lowest BCUT2D eigenvalue weighted by atomic mass is 9.62. The van der Waals surface area contributed by atoms with Crippen molar-refractivity contribution in [2.45, 2.75) is 31.1 Å². The van der Waals surface area contributed by atoms with Crippen LogP contribution in [0.4, 0.5) is 0 Å². The molecule has 1 aliphatic carbocycles. The van der Waals surface area contributed by atoms with E-state index in [1.165, 1.54) is 18.4 Å². The summed E-state index contributed by atoms with van der Waals surface area (Å²) in [5, 5.41) is 14.2. The zero-order valence-corrected chi connectivity index (χ0v) is 12.8. The monoisotopic (exact) mass is 301 g/mol. The first-order chi connectivity index (χ1) is 9.14. The van der Waals surface area contributed by atoms with Crippen molar-refractivity contribution in [2.24, 2.45) is 5.92 Å². The first-order valence-electron chi connectivity index (χ1n) is 6.85. The Morgan fingerprint density at radius 3 is 2.74 bits per heavy atom. The summed E-state index contributed by atoms with van der Waals surface area (Å²) >= 11 is 12.2. The summed E-state index contributed by atoms with van der Waals surface area (Å²) in [6.45, 7) is 1.08. The van der Waals surface area contributed by atoms with Crippen molar-refractivity contribution in [1.29, 1.82) is 0 Å². The molecule has 0 bridgehead atoms. The highest BCUT2D eigenvalue weighted by atomic mass is 35.5. The molecule has 106 valence electrons. The quantitative estimate of drug-likeness (QED) is 0.890. The second kappa shape index (κ2) is 6.45. The zero-order chi connectivity index (χ0) is 13.9. The highest BCUT2D eigenvalue weighted by Gasteiger charge is 2.41. The molecule has 4 heteroatoms. The van der Waals surface area contributed by atoms with Gasteiger partial charge in [-0.15, -0.1) is 0 Å². The molecule has 0 radical (unpaired) electrons. The Bertz CT molecular complexity index is 434. The minimum absolute atomic E-state index is 0.0318. The van der Waals surface area contributed by atoms with E-state index in [0.717, 1.165) is 19.4 Å². The highest BCUT2D eigenvalue weighted by molar-refractivity contribution is 6.42. The molecule has 1 aromatic carbocycles. The van der Waals surface area contributed by atoms with Gasteiger partial charge in [0.1, 0.15) is 0 Å². The minimum atomic E-state index is -0.0318. The van der Waals surface area contributed by atoms with Crippen LogP contribution in [0, 0.1) is 5.92 Å². The summed E-state index contributed by atoms with van der Waals surface area (Å²) in [6.07, 6.45) is 4.53. The Morgan fingerprint density at radius 1 is 1.32 bits per heavy atom. The fourth-order valence-electron chi connectivity index (χ4n) is 3.41. The van der Waals surface area contributed by atoms with Gasteiger partial charge in [-0.2, -0.15) is 0 Å². The molecule has 1 aliphatic rings. The van der Waals surface area contributed by atoms with E-state index >= 15 is 0 Å². The van der Waals surface area contributed by atoms with Crippen LogP contribution in [0.15, 0.2) is 18.2 Å². The Labute approximate surface area is 125 Å². The molecule has 0 aliphatic heterocycles. The number of nitrogens with one attached hydrogen (secondary N) is 1. The third-order valence-corrected chi connectivity index (χ3v) is 5.15. The first-order valence-corrected chi connectivity index (χ1v) is 7.60. The van der Waals surface area contributed by atoms with Crippen LogP contribution in [0.25, 0.3) is 0 Å². The molecule has 0 unspecified atom stereocenters. The average Bonchev–Trinajstić information content (AvgIpc) is 2.42. The molecule has 0 amide bonds. The van der Waals surface area contributed by atoms with E-state index < -0.39 is 0 Å². The van der Waals surface area contributed by atoms with Gasteiger partial charge in [0.2, 0.25) is 0 Å². The van der Waals surface area contributed by atoms with Crippen molar-refractivity contribution < 1.29 is 5.11 Å². The molecule has 2 nitrogen and oxygen atoms in total. The number of benzene rings is 1. The lowest BCUT2D eigenvalue weighted by Crippen LogP contribution is -2.47. The van der Waals surface area contributed by atoms with Gasteiger partial charge in [0, 0.05) is 18.6 Å². The predicted molar refractivity (Wildman–Crippen MR) is 81.1 cm³/mol. The summed E-state index contributed by atoms with van der Waals surface area (Å²) in [5.41, 5.74) is 1.16. The van der Waals surface area contributed by atoms with Gasteiger partial charge < -0.3 is 10.4 Å². The summed E-state index contributed by atoms with van der Waals surface area (Å²) in [7, 11) is 1.96. The molecular weight excluding hydrogens is 281 g/mol. The molecule has 2 atom stereocenters. The van der Waals surface area contributed by atoms with Crippen LogP contribution < -0.4 is 5.32 Å². The third-order valence-electron chi connectivity index (χ3n) is 4.41. The molecule has 1 saturated carbocycles. The topological polar surface area (TPSA) is 32.3 Å². The number of likely N-dealkylation sites (N-methyl/N-ethyl adjacent to an activating group) is 1. The smallest absolute Gasteiger partial charge is 0.0595 e. The van der Waals surface area contributed by atoms with Gasteiger partial charge in [-0.25, -0.2) is 0 Å². The van der Waals surface area contributed by atoms with Crippen molar-refractivity contribution in [2.75, 3.05) is 20.2 Å². The van der Waals surface area contributed by atoms with E-state index in [0.29, 0.717) is 10.0 Å². The minimum Gasteiger partial charge on any atom is -0.396 e. The number of hydrogen-bond acceptors (Lipinski definition) is 2. The van der Waals surface area contributed by atoms with Crippen molar-refractivity contribution in [3.63, 3.8) is 0 Å². The number of aliphatic hydroxyl groups is 1. The molecule has 1 aromatic rings. The van der Waals surface area contributed by atoms with E-state index in [1.54, 1.807) is 0 Å². The SMILES string of the molecule is CNC[C@]1(c2ccc(Cl)c(Cl)c2)CCCC[C@@H]1CO. The van der Waals surface area contributed by atoms with Gasteiger partial charge in [0.15, 0.2) is 0 Å². The van der Waals surface area contributed by atoms with Crippen LogP contribution in [0.2, 0.25) is 10.0 Å². The van der Waals surface area contributed by atoms with Crippen LogP contribution in [0.1, 0.15) is 31.2 Å². The zero-order valence-electron chi connectivity index (χ0n) is 11.3. The molecule has 2 rings (SSSR count). The molecule has 0 spiro atoms. The summed E-state index contributed by atoms with van der Waals surface area (Å²) in [4.78, 5) is 0. The lowest BCUT2D eigenvalue weighted by Gasteiger charge is -2.44. The molecule has 0 heterocycles. The predicted octanol–water partition coefficient (Wildman–Crippen LogP) is 3.63.